The van der Waals surface area contributed by atoms with E-state index in [2.05, 4.69) is 10.3 Å². The summed E-state index contributed by atoms with van der Waals surface area (Å²) in [5.74, 6) is 0.656. The minimum atomic E-state index is -0.136. The van der Waals surface area contributed by atoms with E-state index in [0.717, 1.165) is 16.3 Å². The molecule has 0 aliphatic heterocycles. The summed E-state index contributed by atoms with van der Waals surface area (Å²) >= 11 is 1.48. The van der Waals surface area contributed by atoms with E-state index in [0.29, 0.717) is 24.5 Å². The number of amides is 2. The minimum Gasteiger partial charge on any atom is -0.486 e. The smallest absolute Gasteiger partial charge is 0.230 e. The lowest BCUT2D eigenvalue weighted by Crippen LogP contribution is -2.23. The van der Waals surface area contributed by atoms with Crippen LogP contribution in [0.3, 0.4) is 0 Å². The first-order valence-corrected chi connectivity index (χ1v) is 10.5. The number of thiazole rings is 1. The summed E-state index contributed by atoms with van der Waals surface area (Å²) in [4.78, 5) is 29.9. The summed E-state index contributed by atoms with van der Waals surface area (Å²) in [6, 6.07) is 15.4. The fourth-order valence-electron chi connectivity index (χ4n) is 2.78. The SMILES string of the molecule is CC(=O)N(C)Cc1cccc(NC(=O)Cc2csc(COc3ccc(C)cc3)n2)c1. The fraction of sp³-hybridized carbons (Fsp3) is 0.261. The first-order chi connectivity index (χ1) is 14.4. The molecule has 0 bridgehead atoms. The molecule has 156 valence electrons. The number of hydrogen-bond donors (Lipinski definition) is 1. The molecule has 0 saturated carbocycles. The molecule has 30 heavy (non-hydrogen) atoms. The molecule has 0 aliphatic rings. The Balaban J connectivity index is 1.51. The number of rotatable bonds is 8. The average Bonchev–Trinajstić information content (AvgIpc) is 3.15. The zero-order valence-electron chi connectivity index (χ0n) is 17.3. The van der Waals surface area contributed by atoms with Crippen molar-refractivity contribution in [1.82, 2.24) is 9.88 Å². The Morgan fingerprint density at radius 2 is 1.93 bits per heavy atom. The summed E-state index contributed by atoms with van der Waals surface area (Å²) in [6.45, 7) is 4.43. The zero-order chi connectivity index (χ0) is 21.5. The number of hydrogen-bond acceptors (Lipinski definition) is 5. The van der Waals surface area contributed by atoms with Crippen molar-refractivity contribution in [3.05, 3.63) is 75.7 Å². The second-order valence-corrected chi connectivity index (χ2v) is 8.08. The van der Waals surface area contributed by atoms with E-state index < -0.39 is 0 Å². The number of nitrogens with one attached hydrogen (secondary N) is 1. The van der Waals surface area contributed by atoms with Crippen LogP contribution >= 0.6 is 11.3 Å². The molecule has 0 saturated heterocycles. The van der Waals surface area contributed by atoms with Crippen LogP contribution in [0.1, 0.15) is 28.8 Å². The molecular formula is C23H25N3O3S. The Kier molecular flexibility index (Phi) is 7.19. The van der Waals surface area contributed by atoms with E-state index in [1.165, 1.54) is 23.8 Å². The first-order valence-electron chi connectivity index (χ1n) is 9.62. The third kappa shape index (κ3) is 6.42. The van der Waals surface area contributed by atoms with Gasteiger partial charge in [0.05, 0.1) is 12.1 Å². The number of aromatic nitrogens is 1. The molecule has 0 aliphatic carbocycles. The van der Waals surface area contributed by atoms with Crippen molar-refractivity contribution in [3.63, 3.8) is 0 Å². The Morgan fingerprint density at radius 3 is 2.67 bits per heavy atom. The standard InChI is InChI=1S/C23H25N3O3S/c1-16-7-9-21(10-8-16)29-14-23-25-20(15-30-23)12-22(28)24-19-6-4-5-18(11-19)13-26(3)17(2)27/h4-11,15H,12-14H2,1-3H3,(H,24,28). The van der Waals surface area contributed by atoms with Gasteiger partial charge in [0.15, 0.2) is 0 Å². The summed E-state index contributed by atoms with van der Waals surface area (Å²) in [5, 5.41) is 5.60. The van der Waals surface area contributed by atoms with Crippen LogP contribution in [0.15, 0.2) is 53.9 Å². The maximum atomic E-state index is 12.4. The van der Waals surface area contributed by atoms with Crippen LogP contribution in [0.5, 0.6) is 5.75 Å². The highest BCUT2D eigenvalue weighted by Crippen LogP contribution is 2.17. The van der Waals surface area contributed by atoms with Gasteiger partial charge in [0.2, 0.25) is 11.8 Å². The van der Waals surface area contributed by atoms with Crippen LogP contribution in [0, 0.1) is 6.92 Å². The van der Waals surface area contributed by atoms with Crippen LogP contribution in [-0.4, -0.2) is 28.7 Å². The van der Waals surface area contributed by atoms with Gasteiger partial charge in [-0.3, -0.25) is 9.59 Å². The summed E-state index contributed by atoms with van der Waals surface area (Å²) in [6.07, 6.45) is 0.193. The van der Waals surface area contributed by atoms with Gasteiger partial charge in [-0.2, -0.15) is 0 Å². The average molecular weight is 424 g/mol. The maximum Gasteiger partial charge on any atom is 0.230 e. The van der Waals surface area contributed by atoms with Crippen molar-refractivity contribution in [3.8, 4) is 5.75 Å². The highest BCUT2D eigenvalue weighted by atomic mass is 32.1. The molecule has 3 aromatic rings. The molecular weight excluding hydrogens is 398 g/mol. The van der Waals surface area contributed by atoms with Gasteiger partial charge in [0.25, 0.3) is 0 Å². The zero-order valence-corrected chi connectivity index (χ0v) is 18.2. The van der Waals surface area contributed by atoms with Crippen molar-refractivity contribution in [2.75, 3.05) is 12.4 Å². The number of carbonyl (C=O) groups is 2. The summed E-state index contributed by atoms with van der Waals surface area (Å²) < 4.78 is 5.74. The lowest BCUT2D eigenvalue weighted by atomic mass is 10.2. The molecule has 0 atom stereocenters. The van der Waals surface area contributed by atoms with Crippen molar-refractivity contribution in [2.45, 2.75) is 33.4 Å². The molecule has 3 rings (SSSR count). The van der Waals surface area contributed by atoms with Crippen LogP contribution in [0.4, 0.5) is 5.69 Å². The van der Waals surface area contributed by atoms with E-state index in [1.807, 2.05) is 60.8 Å². The molecule has 0 spiro atoms. The molecule has 7 heteroatoms. The van der Waals surface area contributed by atoms with Gasteiger partial charge >= 0.3 is 0 Å². The lowest BCUT2D eigenvalue weighted by Gasteiger charge is -2.15. The predicted molar refractivity (Wildman–Crippen MR) is 119 cm³/mol. The van der Waals surface area contributed by atoms with Gasteiger partial charge in [-0.25, -0.2) is 4.98 Å². The maximum absolute atomic E-state index is 12.4. The number of anilines is 1. The molecule has 6 nitrogen and oxygen atoms in total. The summed E-state index contributed by atoms with van der Waals surface area (Å²) in [5.41, 5.74) is 3.55. The number of aryl methyl sites for hydroxylation is 1. The van der Waals surface area contributed by atoms with Crippen LogP contribution in [0.2, 0.25) is 0 Å². The van der Waals surface area contributed by atoms with Crippen molar-refractivity contribution in [1.29, 1.82) is 0 Å². The third-order valence-electron chi connectivity index (χ3n) is 4.49. The molecule has 1 heterocycles. The predicted octanol–water partition coefficient (Wildman–Crippen LogP) is 4.19. The Bertz CT molecular complexity index is 1010. The second kappa shape index (κ2) is 10.0. The molecule has 1 N–H and O–H groups in total. The van der Waals surface area contributed by atoms with Crippen molar-refractivity contribution in [2.24, 2.45) is 0 Å². The molecule has 1 aromatic heterocycles. The Morgan fingerprint density at radius 1 is 1.17 bits per heavy atom. The van der Waals surface area contributed by atoms with Gasteiger partial charge in [0.1, 0.15) is 17.4 Å². The van der Waals surface area contributed by atoms with Gasteiger partial charge in [-0.05, 0) is 36.8 Å². The normalized spacial score (nSPS) is 10.5. The van der Waals surface area contributed by atoms with Crippen molar-refractivity contribution < 1.29 is 14.3 Å². The van der Waals surface area contributed by atoms with Gasteiger partial charge in [-0.1, -0.05) is 29.8 Å². The van der Waals surface area contributed by atoms with Gasteiger partial charge in [-0.15, -0.1) is 11.3 Å². The molecule has 2 amide bonds. The molecule has 0 radical (unpaired) electrons. The van der Waals surface area contributed by atoms with E-state index in [1.54, 1.807) is 11.9 Å². The largest absolute Gasteiger partial charge is 0.486 e. The van der Waals surface area contributed by atoms with E-state index in [9.17, 15) is 9.59 Å². The quantitative estimate of drug-likeness (QED) is 0.590. The van der Waals surface area contributed by atoms with E-state index >= 15 is 0 Å². The highest BCUT2D eigenvalue weighted by molar-refractivity contribution is 7.09. The number of carbonyl (C=O) groups excluding carboxylic acids is 2. The van der Waals surface area contributed by atoms with E-state index in [-0.39, 0.29) is 18.2 Å². The Hall–Kier alpha value is -3.19. The molecule has 0 fully saturated rings. The first kappa shape index (κ1) is 21.5. The van der Waals surface area contributed by atoms with Crippen LogP contribution in [0.25, 0.3) is 0 Å². The fourth-order valence-corrected chi connectivity index (χ4v) is 3.48. The lowest BCUT2D eigenvalue weighted by molar-refractivity contribution is -0.128. The van der Waals surface area contributed by atoms with Gasteiger partial charge in [0, 0.05) is 31.6 Å². The van der Waals surface area contributed by atoms with Crippen LogP contribution in [-0.2, 0) is 29.2 Å². The second-order valence-electron chi connectivity index (χ2n) is 7.13. The number of nitrogens with zero attached hydrogens (tertiary/aromatic N) is 2. The van der Waals surface area contributed by atoms with Gasteiger partial charge < -0.3 is 15.0 Å². The minimum absolute atomic E-state index is 0.00451. The van der Waals surface area contributed by atoms with Crippen LogP contribution < -0.4 is 10.1 Å². The number of benzene rings is 2. The highest BCUT2D eigenvalue weighted by Gasteiger charge is 2.10. The number of ether oxygens (including phenoxy) is 1. The topological polar surface area (TPSA) is 71.5 Å². The third-order valence-corrected chi connectivity index (χ3v) is 5.36. The summed E-state index contributed by atoms with van der Waals surface area (Å²) in [7, 11) is 1.75. The van der Waals surface area contributed by atoms with E-state index in [4.69, 9.17) is 4.74 Å². The monoisotopic (exact) mass is 423 g/mol. The molecule has 0 unspecified atom stereocenters. The Labute approximate surface area is 180 Å². The molecule has 2 aromatic carbocycles. The van der Waals surface area contributed by atoms with Crippen molar-refractivity contribution >= 4 is 28.8 Å².